The van der Waals surface area contributed by atoms with Gasteiger partial charge in [-0.15, -0.1) is 0 Å². The Morgan fingerprint density at radius 1 is 1.46 bits per heavy atom. The summed E-state index contributed by atoms with van der Waals surface area (Å²) in [5.74, 6) is -1.53. The summed E-state index contributed by atoms with van der Waals surface area (Å²) >= 11 is 0. The molecule has 0 saturated carbocycles. The maximum Gasteiger partial charge on any atom is 0.350 e. The van der Waals surface area contributed by atoms with Crippen molar-refractivity contribution < 1.29 is 15.0 Å². The van der Waals surface area contributed by atoms with Crippen molar-refractivity contribution in [3.8, 4) is 0 Å². The third kappa shape index (κ3) is 4.99. The smallest absolute Gasteiger partial charge is 0.350 e. The summed E-state index contributed by atoms with van der Waals surface area (Å²) in [7, 11) is 0. The Morgan fingerprint density at radius 3 is 2.38 bits per heavy atom. The Balaban J connectivity index is 3.77. The summed E-state index contributed by atoms with van der Waals surface area (Å²) in [4.78, 5) is 13.9. The first-order chi connectivity index (χ1) is 5.86. The lowest BCUT2D eigenvalue weighted by Gasteiger charge is -2.16. The summed E-state index contributed by atoms with van der Waals surface area (Å²) in [5, 5.41) is 17.4. The van der Waals surface area contributed by atoms with Gasteiger partial charge in [0.15, 0.2) is 5.96 Å². The van der Waals surface area contributed by atoms with E-state index in [1.165, 1.54) is 0 Å². The normalized spacial score (nSPS) is 14.6. The van der Waals surface area contributed by atoms with Gasteiger partial charge in [0.25, 0.3) is 0 Å². The van der Waals surface area contributed by atoms with Crippen LogP contribution in [0, 0.1) is 0 Å². The number of rotatable bonds is 5. The summed E-state index contributed by atoms with van der Waals surface area (Å²) in [6.07, 6.45) is 0.205. The van der Waals surface area contributed by atoms with Crippen LogP contribution in [0.15, 0.2) is 4.99 Å². The SMILES string of the molecule is NC(N)=NCCC[C@@](N)(O)C(=O)O. The number of aliphatic imine (C=N–C) groups is 1. The zero-order valence-electron chi connectivity index (χ0n) is 7.10. The van der Waals surface area contributed by atoms with Gasteiger partial charge in [0.1, 0.15) is 0 Å². The van der Waals surface area contributed by atoms with E-state index in [0.29, 0.717) is 6.42 Å². The Morgan fingerprint density at radius 2 is 2.00 bits per heavy atom. The molecule has 0 aliphatic carbocycles. The molecule has 0 rings (SSSR count). The number of carboxylic acids is 1. The molecular weight excluding hydrogens is 176 g/mol. The van der Waals surface area contributed by atoms with Crippen molar-refractivity contribution in [1.29, 1.82) is 0 Å². The number of nitrogens with zero attached hydrogens (tertiary/aromatic N) is 1. The van der Waals surface area contributed by atoms with Gasteiger partial charge in [-0.1, -0.05) is 0 Å². The van der Waals surface area contributed by atoms with Gasteiger partial charge >= 0.3 is 5.97 Å². The quantitative estimate of drug-likeness (QED) is 0.143. The third-order valence-corrected chi connectivity index (χ3v) is 1.38. The monoisotopic (exact) mass is 190 g/mol. The van der Waals surface area contributed by atoms with E-state index in [1.54, 1.807) is 0 Å². The first-order valence-corrected chi connectivity index (χ1v) is 3.66. The minimum atomic E-state index is -2.20. The lowest BCUT2D eigenvalue weighted by molar-refractivity contribution is -0.158. The van der Waals surface area contributed by atoms with Crippen LogP contribution in [0.5, 0.6) is 0 Å². The Kier molecular flexibility index (Phi) is 4.15. The van der Waals surface area contributed by atoms with E-state index >= 15 is 0 Å². The second kappa shape index (κ2) is 4.63. The third-order valence-electron chi connectivity index (χ3n) is 1.38. The first kappa shape index (κ1) is 11.7. The van der Waals surface area contributed by atoms with E-state index in [4.69, 9.17) is 27.4 Å². The maximum atomic E-state index is 10.3. The van der Waals surface area contributed by atoms with Gasteiger partial charge in [-0.2, -0.15) is 0 Å². The zero-order valence-corrected chi connectivity index (χ0v) is 7.10. The predicted octanol–water partition coefficient (Wildman–Crippen LogP) is -2.23. The molecule has 0 spiro atoms. The summed E-state index contributed by atoms with van der Waals surface area (Å²) < 4.78 is 0. The number of hydrogen-bond donors (Lipinski definition) is 5. The predicted molar refractivity (Wildman–Crippen MR) is 46.7 cm³/mol. The van der Waals surface area contributed by atoms with Crippen LogP contribution in [0.4, 0.5) is 0 Å². The van der Waals surface area contributed by atoms with Gasteiger partial charge in [0.05, 0.1) is 0 Å². The molecule has 0 heterocycles. The molecule has 0 aliphatic rings. The summed E-state index contributed by atoms with van der Waals surface area (Å²) in [6.45, 7) is 0.245. The second-order valence-electron chi connectivity index (χ2n) is 2.64. The minimum Gasteiger partial charge on any atom is -0.478 e. The molecule has 1 atom stereocenters. The number of aliphatic hydroxyl groups is 1. The van der Waals surface area contributed by atoms with E-state index in [0.717, 1.165) is 0 Å². The molecule has 0 aliphatic heterocycles. The van der Waals surface area contributed by atoms with E-state index in [1.807, 2.05) is 0 Å². The number of hydrogen-bond acceptors (Lipinski definition) is 4. The second-order valence-corrected chi connectivity index (χ2v) is 2.64. The molecule has 0 aromatic carbocycles. The van der Waals surface area contributed by atoms with Crippen LogP contribution in [-0.2, 0) is 4.79 Å². The highest BCUT2D eigenvalue weighted by molar-refractivity contribution is 5.76. The Bertz CT molecular complexity index is 210. The molecular formula is C6H14N4O3. The molecule has 7 nitrogen and oxygen atoms in total. The van der Waals surface area contributed by atoms with Crippen molar-refractivity contribution in [3.05, 3.63) is 0 Å². The molecule has 0 saturated heterocycles. The minimum absolute atomic E-state index is 0.0733. The average Bonchev–Trinajstić information content (AvgIpc) is 1.97. The molecule has 0 fully saturated rings. The highest BCUT2D eigenvalue weighted by atomic mass is 16.4. The number of carbonyl (C=O) groups is 1. The molecule has 0 unspecified atom stereocenters. The lowest BCUT2D eigenvalue weighted by Crippen LogP contribution is -2.47. The van der Waals surface area contributed by atoms with Crippen molar-refractivity contribution in [2.75, 3.05) is 6.54 Å². The molecule has 0 radical (unpaired) electrons. The van der Waals surface area contributed by atoms with Crippen molar-refractivity contribution in [3.63, 3.8) is 0 Å². The molecule has 0 aromatic rings. The molecule has 76 valence electrons. The summed E-state index contributed by atoms with van der Waals surface area (Å²) in [6, 6.07) is 0. The van der Waals surface area contributed by atoms with Crippen LogP contribution in [0.3, 0.4) is 0 Å². The maximum absolute atomic E-state index is 10.3. The first-order valence-electron chi connectivity index (χ1n) is 3.66. The van der Waals surface area contributed by atoms with Gasteiger partial charge in [-0.25, -0.2) is 4.79 Å². The Labute approximate surface area is 75.2 Å². The van der Waals surface area contributed by atoms with Crippen molar-refractivity contribution in [1.82, 2.24) is 0 Å². The number of carboxylic acid groups (broad SMARTS) is 1. The number of nitrogens with two attached hydrogens (primary N) is 3. The highest BCUT2D eigenvalue weighted by Gasteiger charge is 2.29. The van der Waals surface area contributed by atoms with Crippen molar-refractivity contribution in [2.24, 2.45) is 22.2 Å². The summed E-state index contributed by atoms with van der Waals surface area (Å²) in [5.41, 5.74) is 12.9. The van der Waals surface area contributed by atoms with Crippen LogP contribution in [0.25, 0.3) is 0 Å². The van der Waals surface area contributed by atoms with Crippen molar-refractivity contribution in [2.45, 2.75) is 18.6 Å². The van der Waals surface area contributed by atoms with Crippen LogP contribution in [-0.4, -0.2) is 34.4 Å². The molecule has 13 heavy (non-hydrogen) atoms. The van der Waals surface area contributed by atoms with E-state index in [9.17, 15) is 4.79 Å². The van der Waals surface area contributed by atoms with Crippen molar-refractivity contribution >= 4 is 11.9 Å². The van der Waals surface area contributed by atoms with Crippen LogP contribution in [0.2, 0.25) is 0 Å². The van der Waals surface area contributed by atoms with Gasteiger partial charge in [0, 0.05) is 13.0 Å². The lowest BCUT2D eigenvalue weighted by atomic mass is 10.1. The fourth-order valence-corrected chi connectivity index (χ4v) is 0.664. The van der Waals surface area contributed by atoms with E-state index in [2.05, 4.69) is 4.99 Å². The molecule has 0 amide bonds. The largest absolute Gasteiger partial charge is 0.478 e. The standard InChI is InChI=1S/C6H14N4O3/c7-5(8)10-3-1-2-6(9,13)4(11)12/h13H,1-3,9H2,(H,11,12)(H4,7,8,10)/t6-/m1/s1. The van der Waals surface area contributed by atoms with Gasteiger partial charge in [0.2, 0.25) is 5.72 Å². The topological polar surface area (TPSA) is 148 Å². The fourth-order valence-electron chi connectivity index (χ4n) is 0.664. The number of aliphatic carboxylic acids is 1. The van der Waals surface area contributed by atoms with E-state index < -0.39 is 11.7 Å². The molecule has 0 aromatic heterocycles. The highest BCUT2D eigenvalue weighted by Crippen LogP contribution is 2.05. The van der Waals surface area contributed by atoms with Gasteiger partial charge < -0.3 is 21.7 Å². The zero-order chi connectivity index (χ0) is 10.5. The fraction of sp³-hybridized carbons (Fsp3) is 0.667. The molecule has 0 bridgehead atoms. The van der Waals surface area contributed by atoms with Gasteiger partial charge in [-0.3, -0.25) is 10.7 Å². The van der Waals surface area contributed by atoms with Gasteiger partial charge in [-0.05, 0) is 6.42 Å². The van der Waals surface area contributed by atoms with E-state index in [-0.39, 0.29) is 18.9 Å². The van der Waals surface area contributed by atoms with Crippen LogP contribution >= 0.6 is 0 Å². The van der Waals surface area contributed by atoms with Crippen LogP contribution < -0.4 is 17.2 Å². The average molecular weight is 190 g/mol. The Hall–Kier alpha value is -1.34. The molecule has 7 heteroatoms. The number of guanidine groups is 1. The van der Waals surface area contributed by atoms with Crippen LogP contribution in [0.1, 0.15) is 12.8 Å². The molecule has 8 N–H and O–H groups in total.